The maximum absolute atomic E-state index is 13.5. The highest BCUT2D eigenvalue weighted by Crippen LogP contribution is 2.31. The maximum Gasteiger partial charge on any atom is 0.223 e. The molecule has 1 aromatic carbocycles. The third-order valence-electron chi connectivity index (χ3n) is 3.84. The molecule has 0 spiro atoms. The summed E-state index contributed by atoms with van der Waals surface area (Å²) in [6.45, 7) is 4.61. The fourth-order valence-electron chi connectivity index (χ4n) is 2.91. The first-order chi connectivity index (χ1) is 9.90. The predicted octanol–water partition coefficient (Wildman–Crippen LogP) is 3.00. The Kier molecular flexibility index (Phi) is 4.93. The zero-order valence-electron chi connectivity index (χ0n) is 12.5. The largest absolute Gasteiger partial charge is 0.334 e. The van der Waals surface area contributed by atoms with E-state index in [-0.39, 0.29) is 17.9 Å². The van der Waals surface area contributed by atoms with Crippen LogP contribution in [0.4, 0.5) is 8.78 Å². The minimum Gasteiger partial charge on any atom is -0.334 e. The van der Waals surface area contributed by atoms with Gasteiger partial charge in [0.15, 0.2) is 11.6 Å². The van der Waals surface area contributed by atoms with Gasteiger partial charge in [0.1, 0.15) is 0 Å². The molecule has 0 aliphatic carbocycles. The Hall–Kier alpha value is -1.49. The van der Waals surface area contributed by atoms with Crippen LogP contribution < -0.4 is 5.73 Å². The van der Waals surface area contributed by atoms with Gasteiger partial charge in [-0.25, -0.2) is 8.78 Å². The van der Waals surface area contributed by atoms with Gasteiger partial charge in [0.05, 0.1) is 6.04 Å². The number of halogens is 2. The number of hydrogen-bond donors (Lipinski definition) is 1. The molecule has 1 amide bonds. The van der Waals surface area contributed by atoms with Crippen molar-refractivity contribution in [2.45, 2.75) is 45.2 Å². The number of carbonyl (C=O) groups is 1. The molecule has 0 bridgehead atoms. The number of nitrogens with two attached hydrogens (primary N) is 1. The topological polar surface area (TPSA) is 46.3 Å². The second-order valence-corrected chi connectivity index (χ2v) is 6.11. The predicted molar refractivity (Wildman–Crippen MR) is 77.5 cm³/mol. The second-order valence-electron chi connectivity index (χ2n) is 6.11. The molecule has 3 nitrogen and oxygen atoms in total. The summed E-state index contributed by atoms with van der Waals surface area (Å²) >= 11 is 0. The summed E-state index contributed by atoms with van der Waals surface area (Å²) in [7, 11) is 0. The Morgan fingerprint density at radius 3 is 2.67 bits per heavy atom. The van der Waals surface area contributed by atoms with Gasteiger partial charge in [0.2, 0.25) is 5.91 Å². The highest BCUT2D eigenvalue weighted by atomic mass is 19.2. The van der Waals surface area contributed by atoms with Crippen LogP contribution in [0, 0.1) is 17.6 Å². The Balaban J connectivity index is 2.40. The van der Waals surface area contributed by atoms with E-state index < -0.39 is 17.7 Å². The van der Waals surface area contributed by atoms with Crippen LogP contribution >= 0.6 is 0 Å². The van der Waals surface area contributed by atoms with Crippen molar-refractivity contribution in [1.29, 1.82) is 0 Å². The van der Waals surface area contributed by atoms with E-state index in [1.807, 2.05) is 13.8 Å². The highest BCUT2D eigenvalue weighted by molar-refractivity contribution is 5.77. The average molecular weight is 296 g/mol. The number of benzene rings is 1. The van der Waals surface area contributed by atoms with Crippen LogP contribution in [0.2, 0.25) is 0 Å². The van der Waals surface area contributed by atoms with Crippen LogP contribution in [0.25, 0.3) is 0 Å². The molecule has 0 radical (unpaired) electrons. The average Bonchev–Trinajstić information content (AvgIpc) is 2.53. The lowest BCUT2D eigenvalue weighted by Crippen LogP contribution is -2.43. The second kappa shape index (κ2) is 6.52. The zero-order valence-corrected chi connectivity index (χ0v) is 12.5. The number of hydrogen-bond acceptors (Lipinski definition) is 2. The zero-order chi connectivity index (χ0) is 15.6. The lowest BCUT2D eigenvalue weighted by atomic mass is 9.95. The number of nitrogens with zero attached hydrogens (tertiary/aromatic N) is 1. The van der Waals surface area contributed by atoms with Crippen LogP contribution in [0.3, 0.4) is 0 Å². The molecule has 1 aliphatic rings. The summed E-state index contributed by atoms with van der Waals surface area (Å²) in [6, 6.07) is 3.12. The van der Waals surface area contributed by atoms with Crippen molar-refractivity contribution in [2.24, 2.45) is 11.7 Å². The van der Waals surface area contributed by atoms with Gasteiger partial charge >= 0.3 is 0 Å². The molecule has 1 heterocycles. The molecule has 2 N–H and O–H groups in total. The molecular formula is C16H22F2N2O. The Labute approximate surface area is 124 Å². The number of amides is 1. The highest BCUT2D eigenvalue weighted by Gasteiger charge is 2.33. The SMILES string of the molecule is CC(C)CN1C(=O)CCCC(N)C1c1ccc(F)c(F)c1. The summed E-state index contributed by atoms with van der Waals surface area (Å²) in [6.07, 6.45) is 1.89. The van der Waals surface area contributed by atoms with E-state index in [0.717, 1.165) is 18.6 Å². The van der Waals surface area contributed by atoms with Crippen LogP contribution in [0.15, 0.2) is 18.2 Å². The lowest BCUT2D eigenvalue weighted by molar-refractivity contribution is -0.133. The van der Waals surface area contributed by atoms with Crippen molar-refractivity contribution in [2.75, 3.05) is 6.54 Å². The van der Waals surface area contributed by atoms with Gasteiger partial charge in [0, 0.05) is 19.0 Å². The fraction of sp³-hybridized carbons (Fsp3) is 0.562. The number of likely N-dealkylation sites (tertiary alicyclic amines) is 1. The molecule has 1 aliphatic heterocycles. The van der Waals surface area contributed by atoms with Gasteiger partial charge in [-0.05, 0) is 36.5 Å². The van der Waals surface area contributed by atoms with E-state index in [1.165, 1.54) is 6.07 Å². The molecule has 0 saturated carbocycles. The summed E-state index contributed by atoms with van der Waals surface area (Å²) in [5, 5.41) is 0. The fourth-order valence-corrected chi connectivity index (χ4v) is 2.91. The van der Waals surface area contributed by atoms with Gasteiger partial charge in [-0.1, -0.05) is 19.9 Å². The summed E-state index contributed by atoms with van der Waals surface area (Å²) in [4.78, 5) is 14.1. The van der Waals surface area contributed by atoms with E-state index >= 15 is 0 Å². The molecule has 1 aromatic rings. The standard InChI is InChI=1S/C16H22F2N2O/c1-10(2)9-20-15(21)5-3-4-14(19)16(20)11-6-7-12(17)13(18)8-11/h6-8,10,14,16H,3-5,9,19H2,1-2H3. The summed E-state index contributed by atoms with van der Waals surface area (Å²) in [5.41, 5.74) is 6.78. The third-order valence-corrected chi connectivity index (χ3v) is 3.84. The Bertz CT molecular complexity index is 519. The smallest absolute Gasteiger partial charge is 0.223 e. The van der Waals surface area contributed by atoms with Gasteiger partial charge in [0.25, 0.3) is 0 Å². The molecule has 116 valence electrons. The van der Waals surface area contributed by atoms with Crippen LogP contribution in [0.5, 0.6) is 0 Å². The van der Waals surface area contributed by atoms with Crippen molar-refractivity contribution >= 4 is 5.91 Å². The molecule has 2 unspecified atom stereocenters. The monoisotopic (exact) mass is 296 g/mol. The molecule has 0 aromatic heterocycles. The molecule has 21 heavy (non-hydrogen) atoms. The molecular weight excluding hydrogens is 274 g/mol. The summed E-state index contributed by atoms with van der Waals surface area (Å²) < 4.78 is 26.7. The quantitative estimate of drug-likeness (QED) is 0.932. The van der Waals surface area contributed by atoms with E-state index in [2.05, 4.69) is 0 Å². The normalized spacial score (nSPS) is 23.5. The Morgan fingerprint density at radius 2 is 2.05 bits per heavy atom. The van der Waals surface area contributed by atoms with Gasteiger partial charge in [-0.2, -0.15) is 0 Å². The van der Waals surface area contributed by atoms with E-state index in [0.29, 0.717) is 24.9 Å². The van der Waals surface area contributed by atoms with Crippen molar-refractivity contribution in [3.05, 3.63) is 35.4 Å². The molecule has 1 saturated heterocycles. The minimum atomic E-state index is -0.902. The maximum atomic E-state index is 13.5. The first kappa shape index (κ1) is 15.9. The van der Waals surface area contributed by atoms with E-state index in [4.69, 9.17) is 5.73 Å². The van der Waals surface area contributed by atoms with Crippen molar-refractivity contribution in [3.63, 3.8) is 0 Å². The van der Waals surface area contributed by atoms with Crippen LogP contribution in [-0.4, -0.2) is 23.4 Å². The lowest BCUT2D eigenvalue weighted by Gasteiger charge is -2.35. The molecule has 2 rings (SSSR count). The number of carbonyl (C=O) groups excluding carboxylic acids is 1. The first-order valence-electron chi connectivity index (χ1n) is 7.40. The van der Waals surface area contributed by atoms with Crippen molar-refractivity contribution in [3.8, 4) is 0 Å². The molecule has 2 atom stereocenters. The van der Waals surface area contributed by atoms with Crippen molar-refractivity contribution < 1.29 is 13.6 Å². The van der Waals surface area contributed by atoms with Gasteiger partial charge in [-0.15, -0.1) is 0 Å². The number of rotatable bonds is 3. The third kappa shape index (κ3) is 3.59. The van der Waals surface area contributed by atoms with Gasteiger partial charge in [-0.3, -0.25) is 4.79 Å². The van der Waals surface area contributed by atoms with E-state index in [1.54, 1.807) is 4.90 Å². The minimum absolute atomic E-state index is 0.0337. The van der Waals surface area contributed by atoms with Crippen LogP contribution in [0.1, 0.15) is 44.7 Å². The first-order valence-corrected chi connectivity index (χ1v) is 7.40. The molecule has 1 fully saturated rings. The van der Waals surface area contributed by atoms with Gasteiger partial charge < -0.3 is 10.6 Å². The van der Waals surface area contributed by atoms with Crippen LogP contribution in [-0.2, 0) is 4.79 Å². The van der Waals surface area contributed by atoms with Crippen molar-refractivity contribution in [1.82, 2.24) is 4.90 Å². The Morgan fingerprint density at radius 1 is 1.33 bits per heavy atom. The summed E-state index contributed by atoms with van der Waals surface area (Å²) in [5.74, 6) is -1.47. The van der Waals surface area contributed by atoms with E-state index in [9.17, 15) is 13.6 Å². The molecule has 5 heteroatoms.